The monoisotopic (exact) mass is 294 g/mol. The van der Waals surface area contributed by atoms with Gasteiger partial charge in [-0.15, -0.1) is 13.2 Å². The van der Waals surface area contributed by atoms with Crippen LogP contribution >= 0.6 is 0 Å². The lowest BCUT2D eigenvalue weighted by Gasteiger charge is -2.14. The third-order valence-corrected chi connectivity index (χ3v) is 1.64. The van der Waals surface area contributed by atoms with E-state index in [9.17, 15) is 40.8 Å². The Hall–Kier alpha value is -2.14. The van der Waals surface area contributed by atoms with Gasteiger partial charge in [0.15, 0.2) is 5.69 Å². The molecule has 0 N–H and O–H groups in total. The molecule has 0 spiro atoms. The molecule has 0 fully saturated rings. The fraction of sp³-hybridized carbons (Fsp3) is 0.286. The van der Waals surface area contributed by atoms with Gasteiger partial charge in [-0.05, 0) is 0 Å². The fourth-order valence-corrected chi connectivity index (χ4v) is 0.999. The summed E-state index contributed by atoms with van der Waals surface area (Å²) in [6.07, 6.45) is -11.3. The molecule has 1 rings (SSSR count). The molecule has 19 heavy (non-hydrogen) atoms. The van der Waals surface area contributed by atoms with E-state index < -0.39 is 40.4 Å². The summed E-state index contributed by atoms with van der Waals surface area (Å²) >= 11 is 0. The van der Waals surface area contributed by atoms with Gasteiger partial charge in [-0.1, -0.05) is 0 Å². The van der Waals surface area contributed by atoms with Crippen LogP contribution in [0.1, 0.15) is 5.69 Å². The van der Waals surface area contributed by atoms with Crippen LogP contribution < -0.4 is 4.74 Å². The van der Waals surface area contributed by atoms with Crippen molar-refractivity contribution in [1.29, 1.82) is 0 Å². The molecule has 0 amide bonds. The average Bonchev–Trinajstić information content (AvgIpc) is 2.16. The number of rotatable bonds is 2. The molecule has 0 saturated heterocycles. The molecule has 0 aliphatic heterocycles. The van der Waals surface area contributed by atoms with Gasteiger partial charge in [-0.25, -0.2) is 4.98 Å². The molecule has 0 atom stereocenters. The van der Waals surface area contributed by atoms with Crippen LogP contribution in [0.5, 0.6) is 5.75 Å². The van der Waals surface area contributed by atoms with Crippen molar-refractivity contribution in [3.63, 3.8) is 0 Å². The lowest BCUT2D eigenvalue weighted by Crippen LogP contribution is -2.22. The van der Waals surface area contributed by atoms with Crippen LogP contribution in [-0.2, 0) is 6.18 Å². The third-order valence-electron chi connectivity index (χ3n) is 1.64. The number of hydrogen-bond acceptors (Lipinski definition) is 4. The first-order valence-corrected chi connectivity index (χ1v) is 4.09. The Balaban J connectivity index is 3.51. The van der Waals surface area contributed by atoms with Crippen molar-refractivity contribution in [2.24, 2.45) is 0 Å². The Morgan fingerprint density at radius 3 is 2.11 bits per heavy atom. The number of alkyl halides is 6. The number of nitrogens with zero attached hydrogens (tertiary/aromatic N) is 2. The van der Waals surface area contributed by atoms with Gasteiger partial charge in [0.05, 0.1) is 4.92 Å². The van der Waals surface area contributed by atoms with E-state index in [0.29, 0.717) is 0 Å². The quantitative estimate of drug-likeness (QED) is 0.477. The minimum absolute atomic E-state index is 0.151. The smallest absolute Gasteiger partial charge is 0.400 e. The van der Waals surface area contributed by atoms with E-state index in [2.05, 4.69) is 9.72 Å². The summed E-state index contributed by atoms with van der Waals surface area (Å²) in [7, 11) is 0. The largest absolute Gasteiger partial charge is 0.573 e. The number of pyridine rings is 1. The molecule has 1 aromatic heterocycles. The van der Waals surface area contributed by atoms with Crippen molar-refractivity contribution >= 4 is 5.69 Å². The zero-order valence-electron chi connectivity index (χ0n) is 8.34. The first-order chi connectivity index (χ1) is 8.43. The molecule has 5 nitrogen and oxygen atoms in total. The topological polar surface area (TPSA) is 65.3 Å². The van der Waals surface area contributed by atoms with Crippen LogP contribution in [0.3, 0.4) is 0 Å². The van der Waals surface area contributed by atoms with Crippen LogP contribution in [-0.4, -0.2) is 16.3 Å². The molecule has 0 saturated carbocycles. The van der Waals surface area contributed by atoms with Gasteiger partial charge in [0, 0.05) is 0 Å². The lowest BCUT2D eigenvalue weighted by atomic mass is 10.3. The first kappa shape index (κ1) is 14.9. The highest BCUT2D eigenvalue weighted by Gasteiger charge is 2.44. The SMILES string of the molecule is O=[N+]([O-])c1cnc(C(F)(F)F)c(OC(F)(F)F)c1F. The first-order valence-electron chi connectivity index (χ1n) is 4.09. The number of aromatic nitrogens is 1. The fourth-order valence-electron chi connectivity index (χ4n) is 0.999. The number of halogens is 7. The second-order valence-corrected chi connectivity index (χ2v) is 2.94. The molecule has 0 aliphatic rings. The normalized spacial score (nSPS) is 12.4. The number of hydrogen-bond donors (Lipinski definition) is 0. The highest BCUT2D eigenvalue weighted by atomic mass is 19.4. The molecule has 106 valence electrons. The Kier molecular flexibility index (Phi) is 3.54. The summed E-state index contributed by atoms with van der Waals surface area (Å²) in [5.74, 6) is -4.81. The van der Waals surface area contributed by atoms with Crippen molar-refractivity contribution in [1.82, 2.24) is 4.98 Å². The van der Waals surface area contributed by atoms with Gasteiger partial charge in [-0.3, -0.25) is 10.1 Å². The van der Waals surface area contributed by atoms with Crippen LogP contribution in [0.15, 0.2) is 6.20 Å². The maximum absolute atomic E-state index is 13.2. The van der Waals surface area contributed by atoms with E-state index in [0.717, 1.165) is 0 Å². The van der Waals surface area contributed by atoms with Crippen molar-refractivity contribution in [2.75, 3.05) is 0 Å². The summed E-state index contributed by atoms with van der Waals surface area (Å²) in [6.45, 7) is 0. The van der Waals surface area contributed by atoms with Gasteiger partial charge in [0.25, 0.3) is 0 Å². The Morgan fingerprint density at radius 2 is 1.74 bits per heavy atom. The standard InChI is InChI=1S/C7HF7N2O3/c8-3-2(16(17)18)1-15-5(6(9,10)11)4(3)19-7(12,13)14/h1H. The molecule has 0 aliphatic carbocycles. The summed E-state index contributed by atoms with van der Waals surface area (Å²) < 4.78 is 88.5. The summed E-state index contributed by atoms with van der Waals surface area (Å²) in [4.78, 5) is 11.1. The van der Waals surface area contributed by atoms with Crippen LogP contribution in [0, 0.1) is 15.9 Å². The van der Waals surface area contributed by atoms with Crippen LogP contribution in [0.25, 0.3) is 0 Å². The van der Waals surface area contributed by atoms with E-state index >= 15 is 0 Å². The van der Waals surface area contributed by atoms with Crippen molar-refractivity contribution < 1.29 is 40.4 Å². The Labute approximate surface area is 98.3 Å². The van der Waals surface area contributed by atoms with Gasteiger partial charge in [0.2, 0.25) is 11.6 Å². The highest BCUT2D eigenvalue weighted by Crippen LogP contribution is 2.40. The average molecular weight is 294 g/mol. The number of nitro groups is 1. The van der Waals surface area contributed by atoms with Gasteiger partial charge < -0.3 is 4.74 Å². The molecular weight excluding hydrogens is 293 g/mol. The summed E-state index contributed by atoms with van der Waals surface area (Å²) in [5.41, 5.74) is -4.03. The van der Waals surface area contributed by atoms with Crippen molar-refractivity contribution in [3.05, 3.63) is 27.8 Å². The molecule has 12 heteroatoms. The van der Waals surface area contributed by atoms with Gasteiger partial charge in [0.1, 0.15) is 6.20 Å². The zero-order valence-corrected chi connectivity index (χ0v) is 8.34. The van der Waals surface area contributed by atoms with E-state index in [-0.39, 0.29) is 6.20 Å². The van der Waals surface area contributed by atoms with Crippen LogP contribution in [0.2, 0.25) is 0 Å². The summed E-state index contributed by atoms with van der Waals surface area (Å²) in [5, 5.41) is 10.2. The van der Waals surface area contributed by atoms with E-state index in [1.54, 1.807) is 0 Å². The summed E-state index contributed by atoms with van der Waals surface area (Å²) in [6, 6.07) is 0. The molecule has 1 heterocycles. The van der Waals surface area contributed by atoms with Gasteiger partial charge in [-0.2, -0.15) is 17.6 Å². The Morgan fingerprint density at radius 1 is 1.21 bits per heavy atom. The molecule has 0 bridgehead atoms. The highest BCUT2D eigenvalue weighted by molar-refractivity contribution is 5.42. The Bertz CT molecular complexity index is 511. The predicted molar refractivity (Wildman–Crippen MR) is 42.5 cm³/mol. The lowest BCUT2D eigenvalue weighted by molar-refractivity contribution is -0.388. The van der Waals surface area contributed by atoms with E-state index in [1.165, 1.54) is 0 Å². The molecule has 0 radical (unpaired) electrons. The molecule has 0 unspecified atom stereocenters. The molecule has 1 aromatic rings. The van der Waals surface area contributed by atoms with Crippen molar-refractivity contribution in [2.45, 2.75) is 12.5 Å². The zero-order chi connectivity index (χ0) is 15.0. The van der Waals surface area contributed by atoms with E-state index in [1.807, 2.05) is 0 Å². The van der Waals surface area contributed by atoms with Gasteiger partial charge >= 0.3 is 18.2 Å². The minimum Gasteiger partial charge on any atom is -0.400 e. The number of ether oxygens (including phenoxy) is 1. The minimum atomic E-state index is -5.67. The van der Waals surface area contributed by atoms with Crippen molar-refractivity contribution in [3.8, 4) is 5.75 Å². The second kappa shape index (κ2) is 4.51. The molecule has 0 aromatic carbocycles. The van der Waals surface area contributed by atoms with Crippen LogP contribution in [0.4, 0.5) is 36.4 Å². The maximum Gasteiger partial charge on any atom is 0.573 e. The van der Waals surface area contributed by atoms with E-state index in [4.69, 9.17) is 0 Å². The maximum atomic E-state index is 13.2. The third kappa shape index (κ3) is 3.42. The second-order valence-electron chi connectivity index (χ2n) is 2.94. The molecular formula is C7HF7N2O3. The predicted octanol–water partition coefficient (Wildman–Crippen LogP) is 3.05.